The first-order chi connectivity index (χ1) is 11.0. The zero-order chi connectivity index (χ0) is 16.4. The second kappa shape index (κ2) is 6.24. The fraction of sp³-hybridized carbons (Fsp3) is 0.211. The van der Waals surface area contributed by atoms with Gasteiger partial charge in [-0.1, -0.05) is 24.3 Å². The topological polar surface area (TPSA) is 44.9 Å². The number of nitrogens with one attached hydrogen (secondary N) is 2. The fourth-order valence-corrected chi connectivity index (χ4v) is 2.81. The summed E-state index contributed by atoms with van der Waals surface area (Å²) in [7, 11) is 0. The third-order valence-electron chi connectivity index (χ3n) is 4.16. The largest absolute Gasteiger partial charge is 0.358 e. The molecule has 1 aromatic heterocycles. The summed E-state index contributed by atoms with van der Waals surface area (Å²) in [5.74, 6) is -0.361. The number of hydrogen-bond donors (Lipinski definition) is 2. The molecule has 0 aliphatic carbocycles. The van der Waals surface area contributed by atoms with Crippen LogP contribution in [0.3, 0.4) is 0 Å². The summed E-state index contributed by atoms with van der Waals surface area (Å²) in [6.07, 6.45) is 0.237. The van der Waals surface area contributed by atoms with Crippen molar-refractivity contribution in [2.24, 2.45) is 0 Å². The number of amides is 1. The van der Waals surface area contributed by atoms with E-state index < -0.39 is 0 Å². The Kier molecular flexibility index (Phi) is 4.15. The Morgan fingerprint density at radius 1 is 1.17 bits per heavy atom. The summed E-state index contributed by atoms with van der Waals surface area (Å²) in [5, 5.41) is 3.71. The lowest BCUT2D eigenvalue weighted by atomic mass is 10.1. The van der Waals surface area contributed by atoms with E-state index in [0.717, 1.165) is 33.3 Å². The van der Waals surface area contributed by atoms with Crippen molar-refractivity contribution in [1.29, 1.82) is 0 Å². The molecule has 0 bridgehead atoms. The number of aromatic amines is 1. The van der Waals surface area contributed by atoms with Crippen LogP contribution in [0.1, 0.15) is 22.4 Å². The first-order valence-corrected chi connectivity index (χ1v) is 7.62. The molecule has 0 radical (unpaired) electrons. The second-order valence-corrected chi connectivity index (χ2v) is 5.80. The van der Waals surface area contributed by atoms with Gasteiger partial charge >= 0.3 is 0 Å². The molecule has 0 aliphatic rings. The molecule has 0 fully saturated rings. The number of aromatic nitrogens is 1. The maximum Gasteiger partial charge on any atom is 0.224 e. The molecule has 2 N–H and O–H groups in total. The Morgan fingerprint density at radius 2 is 1.96 bits per heavy atom. The number of carbonyl (C=O) groups excluding carboxylic acids is 1. The molecule has 3 rings (SSSR count). The number of fused-ring (bicyclic) bond motifs is 1. The third-order valence-corrected chi connectivity index (χ3v) is 4.16. The summed E-state index contributed by atoms with van der Waals surface area (Å²) in [6, 6.07) is 12.6. The highest BCUT2D eigenvalue weighted by molar-refractivity contribution is 5.90. The van der Waals surface area contributed by atoms with E-state index in [9.17, 15) is 9.18 Å². The monoisotopic (exact) mass is 310 g/mol. The number of rotatable bonds is 4. The lowest BCUT2D eigenvalue weighted by Gasteiger charge is -2.08. The second-order valence-electron chi connectivity index (χ2n) is 5.80. The Hall–Kier alpha value is -2.62. The predicted octanol–water partition coefficient (Wildman–Crippen LogP) is 3.78. The van der Waals surface area contributed by atoms with Crippen molar-refractivity contribution in [3.63, 3.8) is 0 Å². The van der Waals surface area contributed by atoms with E-state index in [4.69, 9.17) is 0 Å². The number of benzene rings is 2. The van der Waals surface area contributed by atoms with Gasteiger partial charge in [0.2, 0.25) is 5.91 Å². The molecule has 0 atom stereocenters. The quantitative estimate of drug-likeness (QED) is 0.757. The number of carbonyl (C=O) groups is 1. The van der Waals surface area contributed by atoms with Gasteiger partial charge in [0.15, 0.2) is 0 Å². The van der Waals surface area contributed by atoms with Gasteiger partial charge in [-0.15, -0.1) is 0 Å². The fourth-order valence-electron chi connectivity index (χ4n) is 2.81. The van der Waals surface area contributed by atoms with Crippen LogP contribution in [0.2, 0.25) is 0 Å². The summed E-state index contributed by atoms with van der Waals surface area (Å²) in [6.45, 7) is 4.43. The predicted molar refractivity (Wildman–Crippen MR) is 89.7 cm³/mol. The van der Waals surface area contributed by atoms with Crippen molar-refractivity contribution in [2.45, 2.75) is 26.8 Å². The van der Waals surface area contributed by atoms with Gasteiger partial charge in [0.05, 0.1) is 6.42 Å². The molecule has 118 valence electrons. The van der Waals surface area contributed by atoms with Crippen LogP contribution >= 0.6 is 0 Å². The molecule has 0 spiro atoms. The van der Waals surface area contributed by atoms with E-state index in [1.54, 1.807) is 6.07 Å². The minimum atomic E-state index is -0.293. The molecule has 4 heteroatoms. The smallest absolute Gasteiger partial charge is 0.224 e. The van der Waals surface area contributed by atoms with Crippen LogP contribution in [0, 0.1) is 19.7 Å². The van der Waals surface area contributed by atoms with Crippen LogP contribution in [-0.2, 0) is 17.8 Å². The molecule has 1 amide bonds. The third kappa shape index (κ3) is 3.26. The normalized spacial score (nSPS) is 10.9. The Morgan fingerprint density at radius 3 is 2.74 bits per heavy atom. The Labute approximate surface area is 134 Å². The number of hydrogen-bond acceptors (Lipinski definition) is 1. The highest BCUT2D eigenvalue weighted by Crippen LogP contribution is 2.23. The molecule has 3 aromatic rings. The SMILES string of the molecule is Cc1ccccc1CNC(=O)Cc1c(C)[nH]c2ccc(F)cc12. The van der Waals surface area contributed by atoms with Crippen molar-refractivity contribution >= 4 is 16.8 Å². The molecule has 0 saturated carbocycles. The Balaban J connectivity index is 1.74. The standard InChI is InChI=1S/C19H19FN2O/c1-12-5-3-4-6-14(12)11-21-19(23)10-16-13(2)22-18-8-7-15(20)9-17(16)18/h3-9,22H,10-11H2,1-2H3,(H,21,23). The van der Waals surface area contributed by atoms with Crippen LogP contribution in [0.15, 0.2) is 42.5 Å². The summed E-state index contributed by atoms with van der Waals surface area (Å²) < 4.78 is 13.5. The van der Waals surface area contributed by atoms with E-state index in [1.807, 2.05) is 38.1 Å². The maximum absolute atomic E-state index is 13.5. The van der Waals surface area contributed by atoms with Gasteiger partial charge < -0.3 is 10.3 Å². The molecule has 0 aliphatic heterocycles. The molecule has 23 heavy (non-hydrogen) atoms. The molecular weight excluding hydrogens is 291 g/mol. The highest BCUT2D eigenvalue weighted by atomic mass is 19.1. The van der Waals surface area contributed by atoms with E-state index in [1.165, 1.54) is 12.1 Å². The first-order valence-electron chi connectivity index (χ1n) is 7.62. The van der Waals surface area contributed by atoms with Gasteiger partial charge in [0, 0.05) is 23.1 Å². The van der Waals surface area contributed by atoms with Gasteiger partial charge in [0.1, 0.15) is 5.82 Å². The van der Waals surface area contributed by atoms with Crippen LogP contribution < -0.4 is 5.32 Å². The maximum atomic E-state index is 13.5. The van der Waals surface area contributed by atoms with Crippen LogP contribution in [0.5, 0.6) is 0 Å². The summed E-state index contributed by atoms with van der Waals surface area (Å²) in [5.41, 5.74) is 4.85. The van der Waals surface area contributed by atoms with Crippen molar-refractivity contribution in [3.8, 4) is 0 Å². The summed E-state index contributed by atoms with van der Waals surface area (Å²) in [4.78, 5) is 15.5. The molecule has 3 nitrogen and oxygen atoms in total. The Bertz CT molecular complexity index is 867. The van der Waals surface area contributed by atoms with Gasteiger partial charge in [-0.25, -0.2) is 4.39 Å². The van der Waals surface area contributed by atoms with E-state index in [0.29, 0.717) is 6.54 Å². The van der Waals surface area contributed by atoms with Crippen LogP contribution in [0.4, 0.5) is 4.39 Å². The molecule has 2 aromatic carbocycles. The van der Waals surface area contributed by atoms with Crippen molar-refractivity contribution in [2.75, 3.05) is 0 Å². The van der Waals surface area contributed by atoms with E-state index in [2.05, 4.69) is 10.3 Å². The summed E-state index contributed by atoms with van der Waals surface area (Å²) >= 11 is 0. The molecule has 0 unspecified atom stereocenters. The van der Waals surface area contributed by atoms with Crippen LogP contribution in [0.25, 0.3) is 10.9 Å². The highest BCUT2D eigenvalue weighted by Gasteiger charge is 2.13. The van der Waals surface area contributed by atoms with Crippen molar-refractivity contribution < 1.29 is 9.18 Å². The number of H-pyrrole nitrogens is 1. The average Bonchev–Trinajstić information content (AvgIpc) is 2.82. The van der Waals surface area contributed by atoms with E-state index >= 15 is 0 Å². The minimum Gasteiger partial charge on any atom is -0.358 e. The molecular formula is C19H19FN2O. The van der Waals surface area contributed by atoms with Gasteiger partial charge in [-0.05, 0) is 48.7 Å². The number of aryl methyl sites for hydroxylation is 2. The zero-order valence-electron chi connectivity index (χ0n) is 13.2. The number of halogens is 1. The van der Waals surface area contributed by atoms with Gasteiger partial charge in [0.25, 0.3) is 0 Å². The van der Waals surface area contributed by atoms with E-state index in [-0.39, 0.29) is 18.1 Å². The van der Waals surface area contributed by atoms with Gasteiger partial charge in [-0.2, -0.15) is 0 Å². The van der Waals surface area contributed by atoms with Crippen LogP contribution in [-0.4, -0.2) is 10.9 Å². The van der Waals surface area contributed by atoms with Gasteiger partial charge in [-0.3, -0.25) is 4.79 Å². The zero-order valence-corrected chi connectivity index (χ0v) is 13.2. The minimum absolute atomic E-state index is 0.0680. The molecule has 0 saturated heterocycles. The first kappa shape index (κ1) is 15.3. The van der Waals surface area contributed by atoms with Crippen molar-refractivity contribution in [3.05, 3.63) is 70.7 Å². The average molecular weight is 310 g/mol. The molecule has 1 heterocycles. The van der Waals surface area contributed by atoms with Crippen molar-refractivity contribution in [1.82, 2.24) is 10.3 Å². The lowest BCUT2D eigenvalue weighted by Crippen LogP contribution is -2.25. The lowest BCUT2D eigenvalue weighted by molar-refractivity contribution is -0.120.